The summed E-state index contributed by atoms with van der Waals surface area (Å²) in [5.74, 6) is -0.356. The van der Waals surface area contributed by atoms with Crippen molar-refractivity contribution in [3.05, 3.63) is 68.2 Å². The van der Waals surface area contributed by atoms with Gasteiger partial charge < -0.3 is 10.1 Å². The summed E-state index contributed by atoms with van der Waals surface area (Å²) in [7, 11) is 1.32. The lowest BCUT2D eigenvalue weighted by molar-refractivity contribution is -0.384. The number of carbonyl (C=O) groups is 1. The summed E-state index contributed by atoms with van der Waals surface area (Å²) in [6.45, 7) is 0.0702. The Morgan fingerprint density at radius 1 is 1.34 bits per heavy atom. The monoisotopic (exact) mass is 426 g/mol. The van der Waals surface area contributed by atoms with Crippen LogP contribution in [-0.4, -0.2) is 27.7 Å². The van der Waals surface area contributed by atoms with E-state index in [1.54, 1.807) is 5.38 Å². The summed E-state index contributed by atoms with van der Waals surface area (Å²) in [5.41, 5.74) is -0.320. The zero-order chi connectivity index (χ0) is 21.2. The summed E-state index contributed by atoms with van der Waals surface area (Å²) >= 11 is 1.11. The van der Waals surface area contributed by atoms with Crippen LogP contribution in [-0.2, 0) is 12.7 Å². The van der Waals surface area contributed by atoms with Gasteiger partial charge in [0.2, 0.25) is 0 Å². The molecule has 3 aromatic rings. The molecule has 1 amide bonds. The molecule has 0 atom stereocenters. The molecule has 29 heavy (non-hydrogen) atoms. The lowest BCUT2D eigenvalue weighted by Crippen LogP contribution is -2.11. The van der Waals surface area contributed by atoms with E-state index in [0.29, 0.717) is 10.4 Å². The van der Waals surface area contributed by atoms with Crippen molar-refractivity contribution in [1.29, 1.82) is 0 Å². The minimum atomic E-state index is -4.52. The molecular formula is C17H13F3N4O4S. The number of nitrogens with zero attached hydrogens (tertiary/aromatic N) is 3. The highest BCUT2D eigenvalue weighted by Gasteiger charge is 2.33. The van der Waals surface area contributed by atoms with Crippen LogP contribution >= 0.6 is 11.3 Å². The van der Waals surface area contributed by atoms with Crippen molar-refractivity contribution in [3.8, 4) is 5.75 Å². The topological polar surface area (TPSA) is 99.3 Å². The summed E-state index contributed by atoms with van der Waals surface area (Å²) in [6, 6.07) is 6.18. The van der Waals surface area contributed by atoms with E-state index < -0.39 is 22.7 Å². The van der Waals surface area contributed by atoms with Crippen LogP contribution in [0.5, 0.6) is 5.75 Å². The number of ether oxygens (including phenoxy) is 1. The summed E-state index contributed by atoms with van der Waals surface area (Å²) in [4.78, 5) is 23.0. The van der Waals surface area contributed by atoms with Crippen molar-refractivity contribution in [1.82, 2.24) is 9.78 Å². The molecule has 0 saturated carbocycles. The molecule has 8 nitrogen and oxygen atoms in total. The minimum Gasteiger partial charge on any atom is -0.494 e. The van der Waals surface area contributed by atoms with Gasteiger partial charge in [-0.15, -0.1) is 11.3 Å². The largest absolute Gasteiger partial charge is 0.494 e. The Bertz CT molecular complexity index is 1060. The number of anilines is 1. The SMILES string of the molecule is COc1cc([N+](=O)[O-])ccc1NC(=O)c1cc(Cn2ccc(C(F)(F)F)n2)cs1. The molecule has 0 aliphatic heterocycles. The summed E-state index contributed by atoms with van der Waals surface area (Å²) in [5, 5.41) is 18.5. The van der Waals surface area contributed by atoms with E-state index in [1.807, 2.05) is 0 Å². The van der Waals surface area contributed by atoms with Crippen LogP contribution in [0.25, 0.3) is 0 Å². The second kappa shape index (κ2) is 7.91. The lowest BCUT2D eigenvalue weighted by atomic mass is 10.2. The minimum absolute atomic E-state index is 0.0702. The van der Waals surface area contributed by atoms with Crippen LogP contribution in [0, 0.1) is 10.1 Å². The first-order valence-electron chi connectivity index (χ1n) is 7.99. The van der Waals surface area contributed by atoms with Gasteiger partial charge in [0.15, 0.2) is 5.69 Å². The van der Waals surface area contributed by atoms with Crippen LogP contribution in [0.1, 0.15) is 20.9 Å². The molecule has 0 saturated heterocycles. The first-order valence-corrected chi connectivity index (χ1v) is 8.87. The van der Waals surface area contributed by atoms with Crippen molar-refractivity contribution >= 4 is 28.6 Å². The zero-order valence-corrected chi connectivity index (χ0v) is 15.6. The predicted octanol–water partition coefficient (Wildman–Crippen LogP) is 4.18. The van der Waals surface area contributed by atoms with Crippen molar-refractivity contribution in [2.45, 2.75) is 12.7 Å². The van der Waals surface area contributed by atoms with Crippen molar-refractivity contribution < 1.29 is 27.6 Å². The molecule has 0 spiro atoms. The Morgan fingerprint density at radius 3 is 2.72 bits per heavy atom. The fraction of sp³-hybridized carbons (Fsp3) is 0.176. The second-order valence-corrected chi connectivity index (χ2v) is 6.72. The van der Waals surface area contributed by atoms with Crippen LogP contribution in [0.15, 0.2) is 41.9 Å². The number of hydrogen-bond acceptors (Lipinski definition) is 6. The van der Waals surface area contributed by atoms with Gasteiger partial charge in [0.25, 0.3) is 11.6 Å². The zero-order valence-electron chi connectivity index (χ0n) is 14.8. The van der Waals surface area contributed by atoms with Gasteiger partial charge >= 0.3 is 6.18 Å². The number of rotatable bonds is 6. The number of nitro groups is 1. The maximum atomic E-state index is 12.6. The first-order chi connectivity index (χ1) is 13.7. The molecule has 0 radical (unpaired) electrons. The smallest absolute Gasteiger partial charge is 0.435 e. The lowest BCUT2D eigenvalue weighted by Gasteiger charge is -2.09. The van der Waals surface area contributed by atoms with E-state index in [2.05, 4.69) is 10.4 Å². The number of amides is 1. The molecule has 2 heterocycles. The maximum Gasteiger partial charge on any atom is 0.435 e. The van der Waals surface area contributed by atoms with E-state index in [1.165, 1.54) is 37.6 Å². The van der Waals surface area contributed by atoms with Crippen LogP contribution in [0.2, 0.25) is 0 Å². The highest BCUT2D eigenvalue weighted by molar-refractivity contribution is 7.12. The van der Waals surface area contributed by atoms with Gasteiger partial charge in [-0.1, -0.05) is 0 Å². The van der Waals surface area contributed by atoms with Crippen molar-refractivity contribution in [2.75, 3.05) is 12.4 Å². The van der Waals surface area contributed by atoms with E-state index in [4.69, 9.17) is 4.74 Å². The molecule has 152 valence electrons. The molecule has 0 unspecified atom stereocenters. The molecule has 1 aromatic carbocycles. The number of carbonyl (C=O) groups excluding carboxylic acids is 1. The predicted molar refractivity (Wildman–Crippen MR) is 98.3 cm³/mol. The van der Waals surface area contributed by atoms with Gasteiger partial charge in [-0.05, 0) is 29.1 Å². The van der Waals surface area contributed by atoms with Crippen molar-refractivity contribution in [3.63, 3.8) is 0 Å². The Balaban J connectivity index is 1.71. The van der Waals surface area contributed by atoms with E-state index in [9.17, 15) is 28.1 Å². The number of non-ortho nitro benzene ring substituents is 1. The molecule has 0 aliphatic rings. The highest BCUT2D eigenvalue weighted by atomic mass is 32.1. The average Bonchev–Trinajstić information content (AvgIpc) is 3.31. The Morgan fingerprint density at radius 2 is 2.10 bits per heavy atom. The molecule has 0 aliphatic carbocycles. The van der Waals surface area contributed by atoms with Gasteiger partial charge in [0.05, 0.1) is 35.2 Å². The second-order valence-electron chi connectivity index (χ2n) is 5.81. The number of halogens is 3. The van der Waals surface area contributed by atoms with Crippen LogP contribution in [0.4, 0.5) is 24.5 Å². The van der Waals surface area contributed by atoms with E-state index >= 15 is 0 Å². The highest BCUT2D eigenvalue weighted by Crippen LogP contribution is 2.30. The van der Waals surface area contributed by atoms with Gasteiger partial charge in [-0.3, -0.25) is 19.6 Å². The molecule has 0 bridgehead atoms. The average molecular weight is 426 g/mol. The number of methoxy groups -OCH3 is 1. The number of nitrogens with one attached hydrogen (secondary N) is 1. The fourth-order valence-corrected chi connectivity index (χ4v) is 3.24. The third kappa shape index (κ3) is 4.71. The normalized spacial score (nSPS) is 11.3. The number of nitro benzene ring substituents is 1. The number of thiophene rings is 1. The van der Waals surface area contributed by atoms with Crippen LogP contribution < -0.4 is 10.1 Å². The number of benzene rings is 1. The summed E-state index contributed by atoms with van der Waals surface area (Å²) in [6.07, 6.45) is -3.31. The van der Waals surface area contributed by atoms with Crippen LogP contribution in [0.3, 0.4) is 0 Å². The third-order valence-corrected chi connectivity index (χ3v) is 4.78. The Labute approximate surface area is 165 Å². The molecule has 2 aromatic heterocycles. The quantitative estimate of drug-likeness (QED) is 0.471. The fourth-order valence-electron chi connectivity index (χ4n) is 2.45. The Hall–Kier alpha value is -3.41. The number of alkyl halides is 3. The van der Waals surface area contributed by atoms with Gasteiger partial charge in [0, 0.05) is 12.3 Å². The summed E-state index contributed by atoms with van der Waals surface area (Å²) < 4.78 is 44.0. The van der Waals surface area contributed by atoms with Crippen molar-refractivity contribution in [2.24, 2.45) is 0 Å². The van der Waals surface area contributed by atoms with E-state index in [-0.39, 0.29) is 23.7 Å². The van der Waals surface area contributed by atoms with E-state index in [0.717, 1.165) is 22.1 Å². The molecule has 3 rings (SSSR count). The number of aromatic nitrogens is 2. The van der Waals surface area contributed by atoms with Gasteiger partial charge in [-0.25, -0.2) is 0 Å². The van der Waals surface area contributed by atoms with Gasteiger partial charge in [-0.2, -0.15) is 18.3 Å². The third-order valence-electron chi connectivity index (χ3n) is 3.80. The molecule has 1 N–H and O–H groups in total. The number of hydrogen-bond donors (Lipinski definition) is 1. The standard InChI is InChI=1S/C17H13F3N4O4S/c1-28-13-7-11(24(26)27)2-3-12(13)21-16(25)14-6-10(9-29-14)8-23-5-4-15(22-23)17(18,19)20/h2-7,9H,8H2,1H3,(H,21,25). The molecule has 12 heteroatoms. The molecular weight excluding hydrogens is 413 g/mol. The Kier molecular flexibility index (Phi) is 5.55. The maximum absolute atomic E-state index is 12.6. The molecule has 0 fully saturated rings. The first kappa shape index (κ1) is 20.3. The van der Waals surface area contributed by atoms with Gasteiger partial charge in [0.1, 0.15) is 5.75 Å².